The van der Waals surface area contributed by atoms with E-state index in [1.54, 1.807) is 4.90 Å². The van der Waals surface area contributed by atoms with Crippen LogP contribution in [0.2, 0.25) is 0 Å². The fraction of sp³-hybridized carbons (Fsp3) is 0.188. The molecule has 1 aliphatic rings. The van der Waals surface area contributed by atoms with E-state index in [0.29, 0.717) is 13.2 Å². The first-order chi connectivity index (χ1) is 9.34. The van der Waals surface area contributed by atoms with Gasteiger partial charge < -0.3 is 9.64 Å². The quantitative estimate of drug-likeness (QED) is 0.785. The molecule has 3 heteroatoms. The number of epoxide rings is 1. The van der Waals surface area contributed by atoms with Gasteiger partial charge in [-0.3, -0.25) is 4.79 Å². The molecule has 0 aromatic heterocycles. The molecule has 1 atom stereocenters. The number of ether oxygens (including phenoxy) is 1. The molecule has 3 nitrogen and oxygen atoms in total. The normalized spacial score (nSPS) is 16.9. The highest BCUT2D eigenvalue weighted by atomic mass is 16.6. The van der Waals surface area contributed by atoms with Gasteiger partial charge in [-0.1, -0.05) is 48.5 Å². The summed E-state index contributed by atoms with van der Waals surface area (Å²) in [4.78, 5) is 14.1. The third kappa shape index (κ3) is 2.83. The minimum absolute atomic E-state index is 0.0371. The van der Waals surface area contributed by atoms with Crippen molar-refractivity contribution in [2.75, 3.05) is 11.5 Å². The zero-order valence-corrected chi connectivity index (χ0v) is 10.5. The molecule has 1 fully saturated rings. The SMILES string of the molecule is O=C(C1CO1)N(Cc1ccccc1)c1ccccc1. The van der Waals surface area contributed by atoms with Crippen molar-refractivity contribution in [1.29, 1.82) is 0 Å². The predicted octanol–water partition coefficient (Wildman–Crippen LogP) is 2.62. The van der Waals surface area contributed by atoms with Gasteiger partial charge in [-0.25, -0.2) is 0 Å². The van der Waals surface area contributed by atoms with E-state index in [2.05, 4.69) is 0 Å². The van der Waals surface area contributed by atoms with Crippen molar-refractivity contribution in [2.24, 2.45) is 0 Å². The lowest BCUT2D eigenvalue weighted by molar-refractivity contribution is -0.119. The van der Waals surface area contributed by atoms with Crippen LogP contribution < -0.4 is 4.90 Å². The molecular weight excluding hydrogens is 238 g/mol. The number of hydrogen-bond acceptors (Lipinski definition) is 2. The Morgan fingerprint density at radius 3 is 2.21 bits per heavy atom. The first-order valence-corrected chi connectivity index (χ1v) is 6.36. The fourth-order valence-corrected chi connectivity index (χ4v) is 2.03. The Morgan fingerprint density at radius 2 is 1.63 bits per heavy atom. The summed E-state index contributed by atoms with van der Waals surface area (Å²) in [6, 6.07) is 19.7. The summed E-state index contributed by atoms with van der Waals surface area (Å²) in [5.74, 6) is 0.0371. The van der Waals surface area contributed by atoms with Crippen LogP contribution in [0.5, 0.6) is 0 Å². The Kier molecular flexibility index (Phi) is 3.29. The molecule has 1 heterocycles. The number of anilines is 1. The molecule has 2 aromatic carbocycles. The molecule has 0 saturated carbocycles. The number of amides is 1. The summed E-state index contributed by atoms with van der Waals surface area (Å²) >= 11 is 0. The number of carbonyl (C=O) groups excluding carboxylic acids is 1. The van der Waals surface area contributed by atoms with Crippen molar-refractivity contribution in [3.63, 3.8) is 0 Å². The minimum Gasteiger partial charge on any atom is -0.363 e. The molecule has 0 bridgehead atoms. The molecule has 2 aromatic rings. The Bertz CT molecular complexity index is 549. The molecule has 1 amide bonds. The minimum atomic E-state index is -0.260. The molecule has 96 valence electrons. The molecular formula is C16H15NO2. The molecule has 1 unspecified atom stereocenters. The Morgan fingerprint density at radius 1 is 1.05 bits per heavy atom. The van der Waals surface area contributed by atoms with Gasteiger partial charge >= 0.3 is 0 Å². The van der Waals surface area contributed by atoms with Gasteiger partial charge in [-0.15, -0.1) is 0 Å². The number of carbonyl (C=O) groups is 1. The number of para-hydroxylation sites is 1. The standard InChI is InChI=1S/C16H15NO2/c18-16(15-12-19-15)17(14-9-5-2-6-10-14)11-13-7-3-1-4-8-13/h1-10,15H,11-12H2. The first-order valence-electron chi connectivity index (χ1n) is 6.36. The highest BCUT2D eigenvalue weighted by Gasteiger charge is 2.35. The lowest BCUT2D eigenvalue weighted by Gasteiger charge is -2.22. The van der Waals surface area contributed by atoms with Crippen LogP contribution in [-0.4, -0.2) is 18.6 Å². The molecule has 0 N–H and O–H groups in total. The Labute approximate surface area is 112 Å². The highest BCUT2D eigenvalue weighted by Crippen LogP contribution is 2.22. The molecule has 0 aliphatic carbocycles. The van der Waals surface area contributed by atoms with Crippen molar-refractivity contribution in [3.8, 4) is 0 Å². The number of rotatable bonds is 4. The monoisotopic (exact) mass is 253 g/mol. The van der Waals surface area contributed by atoms with Crippen LogP contribution in [0.3, 0.4) is 0 Å². The van der Waals surface area contributed by atoms with Crippen molar-refractivity contribution in [1.82, 2.24) is 0 Å². The van der Waals surface area contributed by atoms with E-state index in [1.807, 2.05) is 60.7 Å². The molecule has 3 rings (SSSR count). The van der Waals surface area contributed by atoms with E-state index >= 15 is 0 Å². The number of benzene rings is 2. The summed E-state index contributed by atoms with van der Waals surface area (Å²) in [5.41, 5.74) is 2.02. The fourth-order valence-electron chi connectivity index (χ4n) is 2.03. The lowest BCUT2D eigenvalue weighted by Crippen LogP contribution is -2.34. The van der Waals surface area contributed by atoms with Crippen LogP contribution in [-0.2, 0) is 16.1 Å². The zero-order chi connectivity index (χ0) is 13.1. The maximum absolute atomic E-state index is 12.3. The number of hydrogen-bond donors (Lipinski definition) is 0. The van der Waals surface area contributed by atoms with Crippen LogP contribution in [0.15, 0.2) is 60.7 Å². The van der Waals surface area contributed by atoms with Gasteiger partial charge in [0.2, 0.25) is 0 Å². The third-order valence-electron chi connectivity index (χ3n) is 3.13. The lowest BCUT2D eigenvalue weighted by atomic mass is 10.2. The smallest absolute Gasteiger partial charge is 0.258 e. The van der Waals surface area contributed by atoms with E-state index in [9.17, 15) is 4.79 Å². The second kappa shape index (κ2) is 5.24. The van der Waals surface area contributed by atoms with E-state index in [-0.39, 0.29) is 12.0 Å². The molecule has 1 aliphatic heterocycles. The Balaban J connectivity index is 1.86. The van der Waals surface area contributed by atoms with Crippen molar-refractivity contribution < 1.29 is 9.53 Å². The maximum atomic E-state index is 12.3. The molecule has 0 radical (unpaired) electrons. The van der Waals surface area contributed by atoms with Crippen LogP contribution in [0.25, 0.3) is 0 Å². The maximum Gasteiger partial charge on any atom is 0.258 e. The summed E-state index contributed by atoms with van der Waals surface area (Å²) in [6.07, 6.45) is -0.260. The average molecular weight is 253 g/mol. The van der Waals surface area contributed by atoms with Gasteiger partial charge in [0.05, 0.1) is 13.2 Å². The van der Waals surface area contributed by atoms with Gasteiger partial charge in [0.25, 0.3) is 5.91 Å². The van der Waals surface area contributed by atoms with Crippen molar-refractivity contribution in [2.45, 2.75) is 12.6 Å². The van der Waals surface area contributed by atoms with Crippen LogP contribution >= 0.6 is 0 Å². The van der Waals surface area contributed by atoms with Gasteiger partial charge in [-0.05, 0) is 17.7 Å². The van der Waals surface area contributed by atoms with Gasteiger partial charge in [0.15, 0.2) is 6.10 Å². The topological polar surface area (TPSA) is 32.8 Å². The number of nitrogens with zero attached hydrogens (tertiary/aromatic N) is 1. The summed E-state index contributed by atoms with van der Waals surface area (Å²) in [5, 5.41) is 0. The summed E-state index contributed by atoms with van der Waals surface area (Å²) in [7, 11) is 0. The molecule has 19 heavy (non-hydrogen) atoms. The van der Waals surface area contributed by atoms with Crippen molar-refractivity contribution >= 4 is 11.6 Å². The van der Waals surface area contributed by atoms with Gasteiger partial charge in [0, 0.05) is 5.69 Å². The highest BCUT2D eigenvalue weighted by molar-refractivity contribution is 5.97. The largest absolute Gasteiger partial charge is 0.363 e. The van der Waals surface area contributed by atoms with Gasteiger partial charge in [0.1, 0.15) is 0 Å². The molecule has 1 saturated heterocycles. The summed E-state index contributed by atoms with van der Waals surface area (Å²) < 4.78 is 5.12. The summed E-state index contributed by atoms with van der Waals surface area (Å²) in [6.45, 7) is 1.11. The Hall–Kier alpha value is -2.13. The molecule has 0 spiro atoms. The van der Waals surface area contributed by atoms with E-state index in [4.69, 9.17) is 4.74 Å². The van der Waals surface area contributed by atoms with Crippen molar-refractivity contribution in [3.05, 3.63) is 66.2 Å². The zero-order valence-electron chi connectivity index (χ0n) is 10.5. The second-order valence-corrected chi connectivity index (χ2v) is 4.57. The predicted molar refractivity (Wildman–Crippen MR) is 73.8 cm³/mol. The van der Waals surface area contributed by atoms with E-state index < -0.39 is 0 Å². The van der Waals surface area contributed by atoms with Crippen LogP contribution in [0.1, 0.15) is 5.56 Å². The second-order valence-electron chi connectivity index (χ2n) is 4.57. The van der Waals surface area contributed by atoms with Gasteiger partial charge in [-0.2, -0.15) is 0 Å². The van der Waals surface area contributed by atoms with E-state index in [0.717, 1.165) is 11.3 Å². The average Bonchev–Trinajstić information content (AvgIpc) is 3.31. The third-order valence-corrected chi connectivity index (χ3v) is 3.13. The van der Waals surface area contributed by atoms with Crippen LogP contribution in [0, 0.1) is 0 Å². The first kappa shape index (κ1) is 11.9. The van der Waals surface area contributed by atoms with E-state index in [1.165, 1.54) is 0 Å². The van der Waals surface area contributed by atoms with Crippen LogP contribution in [0.4, 0.5) is 5.69 Å².